The van der Waals surface area contributed by atoms with Gasteiger partial charge < -0.3 is 9.64 Å². The Balaban J connectivity index is 2.24. The number of ether oxygens (including phenoxy) is 1. The second-order valence-electron chi connectivity index (χ2n) is 3.81. The Morgan fingerprint density at radius 2 is 2.00 bits per heavy atom. The summed E-state index contributed by atoms with van der Waals surface area (Å²) in [5.74, 6) is -2.61. The van der Waals surface area contributed by atoms with Crippen molar-refractivity contribution >= 4 is 6.09 Å². The van der Waals surface area contributed by atoms with E-state index in [1.807, 2.05) is 6.92 Å². The van der Waals surface area contributed by atoms with Crippen molar-refractivity contribution in [3.8, 4) is 0 Å². The van der Waals surface area contributed by atoms with E-state index in [0.29, 0.717) is 6.61 Å². The van der Waals surface area contributed by atoms with E-state index in [1.54, 1.807) is 0 Å². The van der Waals surface area contributed by atoms with Crippen LogP contribution in [0, 0.1) is 0 Å². The summed E-state index contributed by atoms with van der Waals surface area (Å²) in [5.41, 5.74) is 0. The normalized spacial score (nSPS) is 20.1. The summed E-state index contributed by atoms with van der Waals surface area (Å²) in [4.78, 5) is 12.7. The Labute approximate surface area is 88.4 Å². The molecule has 1 aliphatic heterocycles. The van der Waals surface area contributed by atoms with Gasteiger partial charge in [0.25, 0.3) is 5.92 Å². The first kappa shape index (κ1) is 12.2. The summed E-state index contributed by atoms with van der Waals surface area (Å²) in [7, 11) is 0. The fourth-order valence-corrected chi connectivity index (χ4v) is 1.41. The fourth-order valence-electron chi connectivity index (χ4n) is 1.41. The van der Waals surface area contributed by atoms with E-state index in [-0.39, 0.29) is 25.9 Å². The van der Waals surface area contributed by atoms with E-state index < -0.39 is 12.0 Å². The summed E-state index contributed by atoms with van der Waals surface area (Å²) < 4.78 is 30.5. The molecule has 0 N–H and O–H groups in total. The van der Waals surface area contributed by atoms with Gasteiger partial charge in [0.15, 0.2) is 0 Å². The lowest BCUT2D eigenvalue weighted by molar-refractivity contribution is -0.0525. The number of carbonyl (C=O) groups excluding carboxylic acids is 1. The van der Waals surface area contributed by atoms with Gasteiger partial charge >= 0.3 is 6.09 Å². The molecule has 1 fully saturated rings. The van der Waals surface area contributed by atoms with E-state index in [2.05, 4.69) is 0 Å². The van der Waals surface area contributed by atoms with E-state index in [9.17, 15) is 13.6 Å². The molecule has 1 aliphatic rings. The highest BCUT2D eigenvalue weighted by molar-refractivity contribution is 5.67. The molecule has 0 aromatic heterocycles. The molecule has 1 rings (SSSR count). The van der Waals surface area contributed by atoms with Crippen molar-refractivity contribution in [2.24, 2.45) is 0 Å². The van der Waals surface area contributed by atoms with Gasteiger partial charge in [0.05, 0.1) is 6.61 Å². The molecule has 0 atom stereocenters. The van der Waals surface area contributed by atoms with Crippen LogP contribution in [0.3, 0.4) is 0 Å². The number of amides is 1. The molecule has 0 saturated carbocycles. The van der Waals surface area contributed by atoms with E-state index in [0.717, 1.165) is 12.8 Å². The lowest BCUT2D eigenvalue weighted by Crippen LogP contribution is -2.43. The van der Waals surface area contributed by atoms with Crippen LogP contribution in [0.4, 0.5) is 13.6 Å². The van der Waals surface area contributed by atoms with Crippen LogP contribution in [0.15, 0.2) is 0 Å². The minimum absolute atomic E-state index is 0.0952. The van der Waals surface area contributed by atoms with Crippen LogP contribution in [0.1, 0.15) is 32.6 Å². The van der Waals surface area contributed by atoms with Crippen LogP contribution >= 0.6 is 0 Å². The maximum Gasteiger partial charge on any atom is 0.409 e. The van der Waals surface area contributed by atoms with Gasteiger partial charge in [-0.15, -0.1) is 0 Å². The van der Waals surface area contributed by atoms with Crippen molar-refractivity contribution in [1.82, 2.24) is 4.90 Å². The molecule has 0 unspecified atom stereocenters. The number of carbonyl (C=O) groups is 1. The number of hydrogen-bond donors (Lipinski definition) is 0. The number of rotatable bonds is 3. The predicted octanol–water partition coefficient (Wildman–Crippen LogP) is 2.65. The topological polar surface area (TPSA) is 29.5 Å². The second-order valence-corrected chi connectivity index (χ2v) is 3.81. The molecule has 0 aromatic carbocycles. The summed E-state index contributed by atoms with van der Waals surface area (Å²) >= 11 is 0. The smallest absolute Gasteiger partial charge is 0.409 e. The van der Waals surface area contributed by atoms with Crippen LogP contribution in [-0.4, -0.2) is 36.6 Å². The van der Waals surface area contributed by atoms with E-state index in [4.69, 9.17) is 4.74 Å². The van der Waals surface area contributed by atoms with Crippen molar-refractivity contribution < 1.29 is 18.3 Å². The molecular weight excluding hydrogens is 204 g/mol. The predicted molar refractivity (Wildman–Crippen MR) is 52.0 cm³/mol. The highest BCUT2D eigenvalue weighted by Gasteiger charge is 2.35. The van der Waals surface area contributed by atoms with Crippen molar-refractivity contribution in [2.45, 2.75) is 38.5 Å². The number of nitrogens with zero attached hydrogens (tertiary/aromatic N) is 1. The van der Waals surface area contributed by atoms with Gasteiger partial charge in [-0.2, -0.15) is 0 Å². The minimum atomic E-state index is -2.61. The number of halogens is 2. The fraction of sp³-hybridized carbons (Fsp3) is 0.900. The van der Waals surface area contributed by atoms with Crippen LogP contribution < -0.4 is 0 Å². The first-order chi connectivity index (χ1) is 7.05. The van der Waals surface area contributed by atoms with Gasteiger partial charge in [0, 0.05) is 25.9 Å². The Hall–Kier alpha value is -0.870. The Morgan fingerprint density at radius 1 is 1.40 bits per heavy atom. The zero-order valence-electron chi connectivity index (χ0n) is 8.97. The zero-order chi connectivity index (χ0) is 11.3. The summed E-state index contributed by atoms with van der Waals surface area (Å²) in [6, 6.07) is 0. The zero-order valence-corrected chi connectivity index (χ0v) is 8.97. The third kappa shape index (κ3) is 4.01. The minimum Gasteiger partial charge on any atom is -0.449 e. The average Bonchev–Trinajstić information content (AvgIpc) is 2.18. The molecule has 0 radical (unpaired) electrons. The molecule has 0 aliphatic carbocycles. The van der Waals surface area contributed by atoms with Crippen molar-refractivity contribution in [1.29, 1.82) is 0 Å². The number of alkyl halides is 2. The number of hydrogen-bond acceptors (Lipinski definition) is 2. The second kappa shape index (κ2) is 5.28. The molecular formula is C10H17F2NO2. The average molecular weight is 221 g/mol. The highest BCUT2D eigenvalue weighted by atomic mass is 19.3. The van der Waals surface area contributed by atoms with Crippen LogP contribution in [0.2, 0.25) is 0 Å². The first-order valence-electron chi connectivity index (χ1n) is 5.35. The molecule has 15 heavy (non-hydrogen) atoms. The van der Waals surface area contributed by atoms with E-state index in [1.165, 1.54) is 4.90 Å². The molecule has 88 valence electrons. The first-order valence-corrected chi connectivity index (χ1v) is 5.35. The highest BCUT2D eigenvalue weighted by Crippen LogP contribution is 2.27. The largest absolute Gasteiger partial charge is 0.449 e. The number of piperidine rings is 1. The van der Waals surface area contributed by atoms with Crippen molar-refractivity contribution in [2.75, 3.05) is 19.7 Å². The number of likely N-dealkylation sites (tertiary alicyclic amines) is 1. The number of unbranched alkanes of at least 4 members (excludes halogenated alkanes) is 1. The van der Waals surface area contributed by atoms with Crippen molar-refractivity contribution in [3.05, 3.63) is 0 Å². The van der Waals surface area contributed by atoms with Gasteiger partial charge in [-0.05, 0) is 6.42 Å². The summed E-state index contributed by atoms with van der Waals surface area (Å²) in [6.45, 7) is 2.56. The Bertz CT molecular complexity index is 211. The molecule has 0 aromatic rings. The standard InChI is InChI=1S/C10H17F2NO2/c1-2-3-8-15-9(14)13-6-4-10(11,12)5-7-13/h2-8H2,1H3. The molecule has 3 nitrogen and oxygen atoms in total. The molecule has 1 heterocycles. The maximum absolute atomic E-state index is 12.8. The lowest BCUT2D eigenvalue weighted by Gasteiger charge is -2.30. The maximum atomic E-state index is 12.8. The van der Waals surface area contributed by atoms with Gasteiger partial charge in [0.1, 0.15) is 0 Å². The third-order valence-corrected chi connectivity index (χ3v) is 2.48. The molecule has 0 spiro atoms. The van der Waals surface area contributed by atoms with Crippen molar-refractivity contribution in [3.63, 3.8) is 0 Å². The Kier molecular flexibility index (Phi) is 4.29. The summed E-state index contributed by atoms with van der Waals surface area (Å²) in [5, 5.41) is 0. The third-order valence-electron chi connectivity index (χ3n) is 2.48. The molecule has 5 heteroatoms. The quantitative estimate of drug-likeness (QED) is 0.686. The van der Waals surface area contributed by atoms with Gasteiger partial charge in [-0.1, -0.05) is 13.3 Å². The molecule has 0 bridgehead atoms. The molecule has 1 amide bonds. The molecule has 1 saturated heterocycles. The van der Waals surface area contributed by atoms with Crippen LogP contribution in [-0.2, 0) is 4.74 Å². The van der Waals surface area contributed by atoms with Gasteiger partial charge in [-0.3, -0.25) is 0 Å². The van der Waals surface area contributed by atoms with Gasteiger partial charge in [-0.25, -0.2) is 13.6 Å². The monoisotopic (exact) mass is 221 g/mol. The van der Waals surface area contributed by atoms with Crippen LogP contribution in [0.5, 0.6) is 0 Å². The van der Waals surface area contributed by atoms with E-state index >= 15 is 0 Å². The van der Waals surface area contributed by atoms with Gasteiger partial charge in [0.2, 0.25) is 0 Å². The lowest BCUT2D eigenvalue weighted by atomic mass is 10.1. The van der Waals surface area contributed by atoms with Crippen LogP contribution in [0.25, 0.3) is 0 Å². The summed E-state index contributed by atoms with van der Waals surface area (Å²) in [6.07, 6.45) is 0.797. The SMILES string of the molecule is CCCCOC(=O)N1CCC(F)(F)CC1. The Morgan fingerprint density at radius 3 is 2.53 bits per heavy atom.